The average Bonchev–Trinajstić information content (AvgIpc) is 2.91. The Morgan fingerprint density at radius 1 is 1.28 bits per heavy atom. The molecule has 2 aromatic rings. The highest BCUT2D eigenvalue weighted by Gasteiger charge is 2.02. The molecule has 0 radical (unpaired) electrons. The van der Waals surface area contributed by atoms with Crippen molar-refractivity contribution in [3.05, 3.63) is 36.5 Å². The molecule has 0 spiro atoms. The van der Waals surface area contributed by atoms with E-state index >= 15 is 0 Å². The van der Waals surface area contributed by atoms with Gasteiger partial charge < -0.3 is 10.6 Å². The summed E-state index contributed by atoms with van der Waals surface area (Å²) in [5, 5.41) is 12.6. The smallest absolute Gasteiger partial charge is 0.225 e. The van der Waals surface area contributed by atoms with Crippen molar-refractivity contribution >= 4 is 11.6 Å². The lowest BCUT2D eigenvalue weighted by atomic mass is 10.1. The number of hydrogen-bond acceptors (Lipinski definition) is 3. The normalized spacial score (nSPS) is 10.3. The molecule has 0 unspecified atom stereocenters. The van der Waals surface area contributed by atoms with Crippen molar-refractivity contribution in [2.75, 3.05) is 18.9 Å². The number of carbonyl (C=O) groups is 1. The van der Waals surface area contributed by atoms with Crippen LogP contribution < -0.4 is 10.6 Å². The summed E-state index contributed by atoms with van der Waals surface area (Å²) in [5.41, 5.74) is 2.81. The predicted octanol–water partition coefficient (Wildman–Crippen LogP) is 1.62. The molecule has 18 heavy (non-hydrogen) atoms. The van der Waals surface area contributed by atoms with E-state index in [1.165, 1.54) is 0 Å². The van der Waals surface area contributed by atoms with Gasteiger partial charge in [-0.2, -0.15) is 5.10 Å². The number of H-pyrrole nitrogens is 1. The zero-order valence-electron chi connectivity index (χ0n) is 10.2. The highest BCUT2D eigenvalue weighted by molar-refractivity contribution is 5.91. The fraction of sp³-hybridized carbons (Fsp3) is 0.231. The zero-order chi connectivity index (χ0) is 12.8. The second-order valence-electron chi connectivity index (χ2n) is 3.95. The molecule has 3 N–H and O–H groups in total. The number of amides is 1. The van der Waals surface area contributed by atoms with Gasteiger partial charge in [0.25, 0.3) is 0 Å². The van der Waals surface area contributed by atoms with E-state index in [9.17, 15) is 4.79 Å². The van der Waals surface area contributed by atoms with E-state index in [4.69, 9.17) is 0 Å². The van der Waals surface area contributed by atoms with Crippen molar-refractivity contribution in [3.63, 3.8) is 0 Å². The third-order valence-electron chi connectivity index (χ3n) is 2.58. The maximum atomic E-state index is 11.5. The van der Waals surface area contributed by atoms with Gasteiger partial charge in [-0.05, 0) is 30.8 Å². The van der Waals surface area contributed by atoms with Gasteiger partial charge in [0.1, 0.15) is 0 Å². The van der Waals surface area contributed by atoms with E-state index in [1.54, 1.807) is 6.20 Å². The highest BCUT2D eigenvalue weighted by Crippen LogP contribution is 2.18. The van der Waals surface area contributed by atoms with Gasteiger partial charge in [-0.1, -0.05) is 12.1 Å². The van der Waals surface area contributed by atoms with Crippen LogP contribution in [0.15, 0.2) is 36.5 Å². The second-order valence-corrected chi connectivity index (χ2v) is 3.95. The number of anilines is 1. The number of aromatic amines is 1. The van der Waals surface area contributed by atoms with Gasteiger partial charge in [0.2, 0.25) is 5.91 Å². The molecular weight excluding hydrogens is 228 g/mol. The molecular formula is C13H16N4O. The first-order chi connectivity index (χ1) is 8.79. The van der Waals surface area contributed by atoms with Crippen molar-refractivity contribution < 1.29 is 4.79 Å². The lowest BCUT2D eigenvalue weighted by molar-refractivity contribution is -0.116. The molecule has 0 bridgehead atoms. The van der Waals surface area contributed by atoms with E-state index < -0.39 is 0 Å². The van der Waals surface area contributed by atoms with Crippen LogP contribution in [0.1, 0.15) is 6.42 Å². The number of carbonyl (C=O) groups excluding carboxylic acids is 1. The molecule has 1 aromatic heterocycles. The zero-order valence-corrected chi connectivity index (χ0v) is 10.2. The summed E-state index contributed by atoms with van der Waals surface area (Å²) in [6.07, 6.45) is 2.18. The molecule has 0 aliphatic heterocycles. The Morgan fingerprint density at radius 2 is 2.06 bits per heavy atom. The van der Waals surface area contributed by atoms with Gasteiger partial charge in [-0.15, -0.1) is 0 Å². The number of nitrogens with one attached hydrogen (secondary N) is 3. The number of nitrogens with zero attached hydrogens (tertiary/aromatic N) is 1. The quantitative estimate of drug-likeness (QED) is 0.748. The van der Waals surface area contributed by atoms with Crippen LogP contribution in [0, 0.1) is 0 Å². The highest BCUT2D eigenvalue weighted by atomic mass is 16.1. The molecule has 1 aromatic carbocycles. The van der Waals surface area contributed by atoms with E-state index in [0.717, 1.165) is 16.9 Å². The molecule has 0 fully saturated rings. The Bertz CT molecular complexity index is 490. The van der Waals surface area contributed by atoms with Crippen molar-refractivity contribution in [2.24, 2.45) is 0 Å². The molecule has 0 saturated carbocycles. The third-order valence-corrected chi connectivity index (χ3v) is 2.58. The van der Waals surface area contributed by atoms with Crippen LogP contribution in [-0.2, 0) is 4.79 Å². The first kappa shape index (κ1) is 12.3. The number of rotatable bonds is 5. The number of benzene rings is 1. The lowest BCUT2D eigenvalue weighted by Crippen LogP contribution is -2.18. The van der Waals surface area contributed by atoms with Crippen molar-refractivity contribution in [3.8, 4) is 11.3 Å². The van der Waals surface area contributed by atoms with Gasteiger partial charge in [0.15, 0.2) is 0 Å². The maximum Gasteiger partial charge on any atom is 0.225 e. The predicted molar refractivity (Wildman–Crippen MR) is 71.2 cm³/mol. The Kier molecular flexibility index (Phi) is 4.09. The molecule has 5 nitrogen and oxygen atoms in total. The van der Waals surface area contributed by atoms with Crippen LogP contribution >= 0.6 is 0 Å². The summed E-state index contributed by atoms with van der Waals surface area (Å²) in [6, 6.07) is 9.56. The van der Waals surface area contributed by atoms with Gasteiger partial charge in [-0.25, -0.2) is 0 Å². The summed E-state index contributed by atoms with van der Waals surface area (Å²) in [5.74, 6) is 0.0126. The van der Waals surface area contributed by atoms with E-state index in [2.05, 4.69) is 20.8 Å². The van der Waals surface area contributed by atoms with E-state index in [1.807, 2.05) is 37.4 Å². The number of hydrogen-bond donors (Lipinski definition) is 3. The van der Waals surface area contributed by atoms with Gasteiger partial charge >= 0.3 is 0 Å². The summed E-state index contributed by atoms with van der Waals surface area (Å²) in [7, 11) is 1.83. The topological polar surface area (TPSA) is 69.8 Å². The summed E-state index contributed by atoms with van der Waals surface area (Å²) in [4.78, 5) is 11.5. The fourth-order valence-corrected chi connectivity index (χ4v) is 1.61. The molecule has 94 valence electrons. The van der Waals surface area contributed by atoms with Gasteiger partial charge in [-0.3, -0.25) is 9.89 Å². The Hall–Kier alpha value is -2.14. The van der Waals surface area contributed by atoms with Crippen LogP contribution in [0.25, 0.3) is 11.3 Å². The Morgan fingerprint density at radius 3 is 2.67 bits per heavy atom. The molecule has 1 amide bonds. The standard InChI is InChI=1S/C13H16N4O/c1-14-8-7-13(18)16-11-4-2-10(3-5-11)12-6-9-15-17-12/h2-6,9,14H,7-8H2,1H3,(H,15,17)(H,16,18). The molecule has 1 heterocycles. The van der Waals surface area contributed by atoms with Crippen molar-refractivity contribution in [1.82, 2.24) is 15.5 Å². The Labute approximate surface area is 106 Å². The molecule has 0 aliphatic rings. The van der Waals surface area contributed by atoms with Crippen molar-refractivity contribution in [1.29, 1.82) is 0 Å². The Balaban J connectivity index is 1.98. The fourth-order valence-electron chi connectivity index (χ4n) is 1.61. The molecule has 0 aliphatic carbocycles. The number of aromatic nitrogens is 2. The molecule has 5 heteroatoms. The lowest BCUT2D eigenvalue weighted by Gasteiger charge is -2.05. The summed E-state index contributed by atoms with van der Waals surface area (Å²) >= 11 is 0. The maximum absolute atomic E-state index is 11.5. The molecule has 2 rings (SSSR count). The van der Waals surface area contributed by atoms with Crippen LogP contribution in [0.2, 0.25) is 0 Å². The van der Waals surface area contributed by atoms with Gasteiger partial charge in [0, 0.05) is 24.8 Å². The van der Waals surface area contributed by atoms with Crippen molar-refractivity contribution in [2.45, 2.75) is 6.42 Å². The average molecular weight is 244 g/mol. The minimum Gasteiger partial charge on any atom is -0.326 e. The SMILES string of the molecule is CNCCC(=O)Nc1ccc(-c2ccn[nH]2)cc1. The second kappa shape index (κ2) is 5.97. The van der Waals surface area contributed by atoms with E-state index in [0.29, 0.717) is 13.0 Å². The molecule has 0 saturated heterocycles. The largest absolute Gasteiger partial charge is 0.326 e. The summed E-state index contributed by atoms with van der Waals surface area (Å²) < 4.78 is 0. The van der Waals surface area contributed by atoms with Gasteiger partial charge in [0.05, 0.1) is 5.69 Å². The minimum absolute atomic E-state index is 0.0126. The first-order valence-corrected chi connectivity index (χ1v) is 5.84. The molecule has 0 atom stereocenters. The minimum atomic E-state index is 0.0126. The summed E-state index contributed by atoms with van der Waals surface area (Å²) in [6.45, 7) is 0.679. The van der Waals surface area contributed by atoms with Crippen LogP contribution in [0.4, 0.5) is 5.69 Å². The monoisotopic (exact) mass is 244 g/mol. The van der Waals surface area contributed by atoms with E-state index in [-0.39, 0.29) is 5.91 Å². The first-order valence-electron chi connectivity index (χ1n) is 5.84. The van der Waals surface area contributed by atoms with Crippen LogP contribution in [0.3, 0.4) is 0 Å². The van der Waals surface area contributed by atoms with Crippen LogP contribution in [-0.4, -0.2) is 29.7 Å². The van der Waals surface area contributed by atoms with Crippen LogP contribution in [0.5, 0.6) is 0 Å². The third kappa shape index (κ3) is 3.18.